The van der Waals surface area contributed by atoms with E-state index in [-0.39, 0.29) is 0 Å². The van der Waals surface area contributed by atoms with Gasteiger partial charge in [0.05, 0.1) is 0 Å². The minimum absolute atomic E-state index is 0.295. The minimum Gasteiger partial charge on any atom is -0.340 e. The lowest BCUT2D eigenvalue weighted by atomic mass is 9.82. The molecule has 1 aliphatic carbocycles. The fraction of sp³-hybridized carbons (Fsp3) is 0.917. The molecular weight excluding hydrogens is 174 g/mol. The molecule has 0 aromatic heterocycles. The molecule has 0 aromatic rings. The van der Waals surface area contributed by atoms with Gasteiger partial charge in [0.25, 0.3) is 0 Å². The van der Waals surface area contributed by atoms with Crippen LogP contribution in [-0.4, -0.2) is 23.4 Å². The van der Waals surface area contributed by atoms with E-state index in [1.165, 1.54) is 44.9 Å². The monoisotopic (exact) mass is 195 g/mol. The zero-order chi connectivity index (χ0) is 9.97. The largest absolute Gasteiger partial charge is 0.340 e. The Morgan fingerprint density at radius 2 is 1.71 bits per heavy atom. The molecule has 2 aliphatic rings. The van der Waals surface area contributed by atoms with E-state index in [0.717, 1.165) is 12.5 Å². The minimum atomic E-state index is 0.295. The molecule has 2 nitrogen and oxygen atoms in total. The Kier molecular flexibility index (Phi) is 3.09. The maximum Gasteiger partial charge on any atom is 0.219 e. The van der Waals surface area contributed by atoms with E-state index >= 15 is 0 Å². The van der Waals surface area contributed by atoms with Crippen LogP contribution in [0.5, 0.6) is 0 Å². The Balaban J connectivity index is 2.10. The maximum atomic E-state index is 11.5. The summed E-state index contributed by atoms with van der Waals surface area (Å²) in [6.45, 7) is 2.74. The predicted molar refractivity (Wildman–Crippen MR) is 57.0 cm³/mol. The molecule has 0 bridgehead atoms. The van der Waals surface area contributed by atoms with E-state index in [1.54, 1.807) is 6.92 Å². The summed E-state index contributed by atoms with van der Waals surface area (Å²) >= 11 is 0. The second-order valence-corrected chi connectivity index (χ2v) is 4.82. The normalized spacial score (nSPS) is 33.4. The number of carbonyl (C=O) groups excluding carboxylic acids is 1. The van der Waals surface area contributed by atoms with Gasteiger partial charge in [0, 0.05) is 19.5 Å². The van der Waals surface area contributed by atoms with Crippen LogP contribution in [-0.2, 0) is 4.79 Å². The third-order valence-electron chi connectivity index (χ3n) is 3.90. The summed E-state index contributed by atoms with van der Waals surface area (Å²) in [5.41, 5.74) is 0. The van der Waals surface area contributed by atoms with E-state index in [2.05, 4.69) is 4.90 Å². The zero-order valence-electron chi connectivity index (χ0n) is 9.17. The van der Waals surface area contributed by atoms with Crippen molar-refractivity contribution >= 4 is 5.91 Å². The quantitative estimate of drug-likeness (QED) is 0.582. The van der Waals surface area contributed by atoms with E-state index in [4.69, 9.17) is 0 Å². The molecule has 14 heavy (non-hydrogen) atoms. The first-order chi connectivity index (χ1) is 6.79. The Morgan fingerprint density at radius 3 is 2.43 bits per heavy atom. The van der Waals surface area contributed by atoms with Crippen LogP contribution in [0.4, 0.5) is 0 Å². The van der Waals surface area contributed by atoms with Gasteiger partial charge in [-0.1, -0.05) is 19.3 Å². The van der Waals surface area contributed by atoms with E-state index in [1.807, 2.05) is 0 Å². The molecule has 2 atom stereocenters. The SMILES string of the molecule is CC(=O)N1CCCCC2CCCCC21. The highest BCUT2D eigenvalue weighted by atomic mass is 16.2. The second-order valence-electron chi connectivity index (χ2n) is 4.82. The van der Waals surface area contributed by atoms with Crippen LogP contribution in [0.2, 0.25) is 0 Å². The molecule has 2 rings (SSSR count). The number of nitrogens with zero attached hydrogens (tertiary/aromatic N) is 1. The lowest BCUT2D eigenvalue weighted by Gasteiger charge is -2.37. The topological polar surface area (TPSA) is 20.3 Å². The number of hydrogen-bond acceptors (Lipinski definition) is 1. The number of fused-ring (bicyclic) bond motifs is 1. The van der Waals surface area contributed by atoms with Crippen LogP contribution in [0.15, 0.2) is 0 Å². The number of rotatable bonds is 0. The Bertz CT molecular complexity index is 214. The highest BCUT2D eigenvalue weighted by molar-refractivity contribution is 5.73. The van der Waals surface area contributed by atoms with E-state index in [9.17, 15) is 4.79 Å². The molecule has 1 aliphatic heterocycles. The smallest absolute Gasteiger partial charge is 0.219 e. The molecule has 0 N–H and O–H groups in total. The van der Waals surface area contributed by atoms with Gasteiger partial charge in [-0.25, -0.2) is 0 Å². The molecular formula is C12H21NO. The van der Waals surface area contributed by atoms with Gasteiger partial charge in [0.15, 0.2) is 0 Å². The Labute approximate surface area is 86.7 Å². The van der Waals surface area contributed by atoms with E-state index < -0.39 is 0 Å². The fourth-order valence-electron chi connectivity index (χ4n) is 3.18. The molecule has 0 spiro atoms. The number of likely N-dealkylation sites (tertiary alicyclic amines) is 1. The molecule has 1 amide bonds. The van der Waals surface area contributed by atoms with Crippen molar-refractivity contribution in [2.24, 2.45) is 5.92 Å². The first kappa shape index (κ1) is 10.0. The van der Waals surface area contributed by atoms with E-state index in [0.29, 0.717) is 11.9 Å². The number of amides is 1. The molecule has 0 aromatic carbocycles. The maximum absolute atomic E-state index is 11.5. The lowest BCUT2D eigenvalue weighted by molar-refractivity contribution is -0.132. The van der Waals surface area contributed by atoms with Gasteiger partial charge in [0.2, 0.25) is 5.91 Å². The van der Waals surface area contributed by atoms with Gasteiger partial charge in [0.1, 0.15) is 0 Å². The summed E-state index contributed by atoms with van der Waals surface area (Å²) in [6, 6.07) is 0.587. The summed E-state index contributed by atoms with van der Waals surface area (Å²) in [5, 5.41) is 0. The molecule has 80 valence electrons. The van der Waals surface area contributed by atoms with Crippen LogP contribution >= 0.6 is 0 Å². The first-order valence-corrected chi connectivity index (χ1v) is 6.06. The van der Waals surface area contributed by atoms with Crippen LogP contribution in [0.25, 0.3) is 0 Å². The summed E-state index contributed by atoms with van der Waals surface area (Å²) in [5.74, 6) is 1.11. The van der Waals surface area contributed by atoms with Gasteiger partial charge in [-0.15, -0.1) is 0 Å². The summed E-state index contributed by atoms with van der Waals surface area (Å²) in [4.78, 5) is 13.7. The number of carbonyl (C=O) groups is 1. The number of hydrogen-bond donors (Lipinski definition) is 0. The molecule has 0 radical (unpaired) electrons. The molecule has 1 saturated carbocycles. The third-order valence-corrected chi connectivity index (χ3v) is 3.90. The fourth-order valence-corrected chi connectivity index (χ4v) is 3.18. The van der Waals surface area contributed by atoms with Crippen molar-refractivity contribution < 1.29 is 4.79 Å². The predicted octanol–water partition coefficient (Wildman–Crippen LogP) is 2.58. The van der Waals surface area contributed by atoms with Crippen molar-refractivity contribution in [1.82, 2.24) is 4.90 Å². The van der Waals surface area contributed by atoms with Crippen molar-refractivity contribution in [3.8, 4) is 0 Å². The molecule has 1 saturated heterocycles. The van der Waals surface area contributed by atoms with Gasteiger partial charge >= 0.3 is 0 Å². The van der Waals surface area contributed by atoms with Gasteiger partial charge in [-0.05, 0) is 31.6 Å². The van der Waals surface area contributed by atoms with Crippen molar-refractivity contribution in [2.75, 3.05) is 6.54 Å². The zero-order valence-corrected chi connectivity index (χ0v) is 9.17. The Morgan fingerprint density at radius 1 is 1.07 bits per heavy atom. The molecule has 2 unspecified atom stereocenters. The third kappa shape index (κ3) is 1.94. The second kappa shape index (κ2) is 4.33. The van der Waals surface area contributed by atoms with Crippen LogP contribution in [0, 0.1) is 5.92 Å². The molecule has 2 heteroatoms. The first-order valence-electron chi connectivity index (χ1n) is 6.06. The highest BCUT2D eigenvalue weighted by Gasteiger charge is 2.32. The van der Waals surface area contributed by atoms with Gasteiger partial charge in [-0.3, -0.25) is 4.79 Å². The van der Waals surface area contributed by atoms with Crippen LogP contribution in [0.3, 0.4) is 0 Å². The summed E-state index contributed by atoms with van der Waals surface area (Å²) in [6.07, 6.45) is 9.21. The van der Waals surface area contributed by atoms with Crippen molar-refractivity contribution in [3.05, 3.63) is 0 Å². The van der Waals surface area contributed by atoms with Crippen molar-refractivity contribution in [1.29, 1.82) is 0 Å². The van der Waals surface area contributed by atoms with Crippen LogP contribution in [0.1, 0.15) is 51.9 Å². The van der Waals surface area contributed by atoms with Crippen molar-refractivity contribution in [3.63, 3.8) is 0 Å². The summed E-state index contributed by atoms with van der Waals surface area (Å²) in [7, 11) is 0. The standard InChI is InChI=1S/C12H21NO/c1-10(14)13-9-5-4-7-11-6-2-3-8-12(11)13/h11-12H,2-9H2,1H3. The van der Waals surface area contributed by atoms with Crippen molar-refractivity contribution in [2.45, 2.75) is 57.9 Å². The summed E-state index contributed by atoms with van der Waals surface area (Å²) < 4.78 is 0. The average molecular weight is 195 g/mol. The van der Waals surface area contributed by atoms with Gasteiger partial charge in [-0.2, -0.15) is 0 Å². The van der Waals surface area contributed by atoms with Crippen LogP contribution < -0.4 is 0 Å². The Hall–Kier alpha value is -0.530. The average Bonchev–Trinajstić information content (AvgIpc) is 2.39. The molecule has 2 fully saturated rings. The van der Waals surface area contributed by atoms with Gasteiger partial charge < -0.3 is 4.90 Å². The highest BCUT2D eigenvalue weighted by Crippen LogP contribution is 2.34. The molecule has 1 heterocycles. The lowest BCUT2D eigenvalue weighted by Crippen LogP contribution is -2.44.